The van der Waals surface area contributed by atoms with E-state index in [0.717, 1.165) is 57.4 Å². The molecule has 0 amide bonds. The molecule has 1 aliphatic heterocycles. The van der Waals surface area contributed by atoms with Gasteiger partial charge in [0.05, 0.1) is 12.1 Å². The van der Waals surface area contributed by atoms with Crippen LogP contribution in [0.5, 0.6) is 11.5 Å². The second kappa shape index (κ2) is 12.7. The Balaban J connectivity index is 1.48. The summed E-state index contributed by atoms with van der Waals surface area (Å²) in [4.78, 5) is 30.8. The van der Waals surface area contributed by atoms with Crippen molar-refractivity contribution in [2.45, 2.75) is 72.3 Å². The molecule has 3 aromatic rings. The van der Waals surface area contributed by atoms with Crippen LogP contribution < -0.4 is 9.47 Å². The van der Waals surface area contributed by atoms with E-state index in [9.17, 15) is 9.59 Å². The van der Waals surface area contributed by atoms with E-state index in [1.165, 1.54) is 5.56 Å². The lowest BCUT2D eigenvalue weighted by Crippen LogP contribution is -2.45. The molecule has 0 bridgehead atoms. The van der Waals surface area contributed by atoms with E-state index in [4.69, 9.17) is 21.1 Å². The highest BCUT2D eigenvalue weighted by atomic mass is 79.9. The molecular weight excluding hydrogens is 662 g/mol. The molecule has 5 nitrogen and oxygen atoms in total. The van der Waals surface area contributed by atoms with Crippen molar-refractivity contribution in [1.82, 2.24) is 4.90 Å². The van der Waals surface area contributed by atoms with Crippen molar-refractivity contribution in [3.8, 4) is 11.5 Å². The second-order valence-corrected chi connectivity index (χ2v) is 15.6. The van der Waals surface area contributed by atoms with Gasteiger partial charge in [-0.15, -0.1) is 0 Å². The smallest absolute Gasteiger partial charge is 0.180 e. The molecule has 240 valence electrons. The minimum Gasteiger partial charge on any atom is -0.493 e. The summed E-state index contributed by atoms with van der Waals surface area (Å²) < 4.78 is 13.0. The van der Waals surface area contributed by atoms with E-state index < -0.39 is 5.92 Å². The van der Waals surface area contributed by atoms with Gasteiger partial charge in [-0.1, -0.05) is 104 Å². The second-order valence-electron chi connectivity index (χ2n) is 14.3. The Morgan fingerprint density at radius 1 is 0.848 bits per heavy atom. The molecule has 0 fully saturated rings. The number of ketones is 2. The average Bonchev–Trinajstić information content (AvgIpc) is 2.99. The van der Waals surface area contributed by atoms with E-state index in [2.05, 4.69) is 72.8 Å². The van der Waals surface area contributed by atoms with Crippen LogP contribution in [0.1, 0.15) is 76.0 Å². The number of nitrogens with zero attached hydrogens (tertiary/aromatic N) is 1. The number of benzene rings is 3. The maximum Gasteiger partial charge on any atom is 0.180 e. The van der Waals surface area contributed by atoms with Crippen LogP contribution in [0.3, 0.4) is 0 Å². The van der Waals surface area contributed by atoms with Gasteiger partial charge in [-0.05, 0) is 59.4 Å². The zero-order valence-electron chi connectivity index (χ0n) is 27.2. The van der Waals surface area contributed by atoms with Gasteiger partial charge >= 0.3 is 0 Å². The molecular formula is C39H41BrClNO4. The number of carbonyl (C=O) groups excluding carboxylic acids is 2. The Kier molecular flexibility index (Phi) is 8.99. The van der Waals surface area contributed by atoms with Crippen LogP contribution in [-0.2, 0) is 22.6 Å². The summed E-state index contributed by atoms with van der Waals surface area (Å²) in [7, 11) is 1.59. The number of hydrogen-bond donors (Lipinski definition) is 0. The van der Waals surface area contributed by atoms with Crippen LogP contribution in [0.25, 0.3) is 0 Å². The van der Waals surface area contributed by atoms with Crippen molar-refractivity contribution in [2.24, 2.45) is 10.8 Å². The van der Waals surface area contributed by atoms with Crippen molar-refractivity contribution in [2.75, 3.05) is 13.7 Å². The fourth-order valence-corrected chi connectivity index (χ4v) is 8.02. The molecule has 0 spiro atoms. The van der Waals surface area contributed by atoms with E-state index >= 15 is 0 Å². The first-order valence-electron chi connectivity index (χ1n) is 15.9. The van der Waals surface area contributed by atoms with E-state index in [-0.39, 0.29) is 22.4 Å². The molecule has 6 rings (SSSR count). The zero-order chi connectivity index (χ0) is 32.8. The number of rotatable bonds is 8. The number of ether oxygens (including phenoxy) is 2. The van der Waals surface area contributed by atoms with Gasteiger partial charge in [0, 0.05) is 57.9 Å². The van der Waals surface area contributed by atoms with Crippen molar-refractivity contribution in [1.29, 1.82) is 0 Å². The summed E-state index contributed by atoms with van der Waals surface area (Å²) in [5, 5.41) is 0.379. The van der Waals surface area contributed by atoms with Crippen LogP contribution in [0.2, 0.25) is 5.02 Å². The van der Waals surface area contributed by atoms with E-state index in [0.29, 0.717) is 42.5 Å². The first kappa shape index (κ1) is 32.6. The summed E-state index contributed by atoms with van der Waals surface area (Å²) in [6.07, 6.45) is 3.17. The van der Waals surface area contributed by atoms with Crippen LogP contribution in [0, 0.1) is 10.8 Å². The van der Waals surface area contributed by atoms with Crippen molar-refractivity contribution >= 4 is 39.1 Å². The fraction of sp³-hybridized carbons (Fsp3) is 0.385. The normalized spacial score (nSPS) is 19.2. The Labute approximate surface area is 285 Å². The van der Waals surface area contributed by atoms with Gasteiger partial charge in [0.25, 0.3) is 0 Å². The molecule has 3 aromatic carbocycles. The Morgan fingerprint density at radius 2 is 1.43 bits per heavy atom. The highest BCUT2D eigenvalue weighted by molar-refractivity contribution is 9.10. The summed E-state index contributed by atoms with van der Waals surface area (Å²) in [5.41, 5.74) is 6.10. The molecule has 0 unspecified atom stereocenters. The maximum atomic E-state index is 14.2. The predicted molar refractivity (Wildman–Crippen MR) is 186 cm³/mol. The van der Waals surface area contributed by atoms with Gasteiger partial charge in [-0.2, -0.15) is 0 Å². The summed E-state index contributed by atoms with van der Waals surface area (Å²) in [6.45, 7) is 9.65. The zero-order valence-corrected chi connectivity index (χ0v) is 29.6. The predicted octanol–water partition coefficient (Wildman–Crippen LogP) is 9.62. The molecule has 0 N–H and O–H groups in total. The molecule has 1 heterocycles. The van der Waals surface area contributed by atoms with Crippen molar-refractivity contribution in [3.05, 3.63) is 115 Å². The third-order valence-corrected chi connectivity index (χ3v) is 10.5. The summed E-state index contributed by atoms with van der Waals surface area (Å²) in [5.74, 6) is 0.565. The molecule has 0 saturated carbocycles. The molecule has 3 aliphatic rings. The number of hydrogen-bond acceptors (Lipinski definition) is 5. The molecule has 2 aliphatic carbocycles. The number of Topliss-reactive ketones (excluding diaryl/α,β-unsaturated/α-hetero) is 2. The number of carbonyl (C=O) groups is 2. The first-order chi connectivity index (χ1) is 21.9. The van der Waals surface area contributed by atoms with Gasteiger partial charge < -0.3 is 14.4 Å². The Hall–Kier alpha value is -3.35. The standard InChI is InChI=1S/C39H41BrClNO4/c1-38(2)19-29-35(31(43)21-38)34(26-17-28(41)37(33(18-26)45-5)46-23-25-13-9-10-14-27(25)40)36-30(20-39(3,4)22-32(36)44)42(29)16-15-24-11-7-6-8-12-24/h6-14,17-18,34H,15-16,19-23H2,1-5H3. The monoisotopic (exact) mass is 701 g/mol. The number of halogens is 2. The Bertz CT molecular complexity index is 1700. The number of allylic oxidation sites excluding steroid dienone is 4. The minimum absolute atomic E-state index is 0.0921. The third-order valence-electron chi connectivity index (χ3n) is 9.40. The lowest BCUT2D eigenvalue weighted by molar-refractivity contribution is -0.119. The first-order valence-corrected chi connectivity index (χ1v) is 17.1. The molecule has 46 heavy (non-hydrogen) atoms. The van der Waals surface area contributed by atoms with Crippen LogP contribution in [0.4, 0.5) is 0 Å². The van der Waals surface area contributed by atoms with Gasteiger partial charge in [-0.25, -0.2) is 0 Å². The third kappa shape index (κ3) is 6.44. The molecule has 0 saturated heterocycles. The maximum absolute atomic E-state index is 14.2. The summed E-state index contributed by atoms with van der Waals surface area (Å²) >= 11 is 10.6. The largest absolute Gasteiger partial charge is 0.493 e. The summed E-state index contributed by atoms with van der Waals surface area (Å²) in [6, 6.07) is 22.0. The van der Waals surface area contributed by atoms with Gasteiger partial charge in [0.15, 0.2) is 23.1 Å². The highest BCUT2D eigenvalue weighted by Gasteiger charge is 2.49. The van der Waals surface area contributed by atoms with Crippen molar-refractivity contribution < 1.29 is 19.1 Å². The average molecular weight is 703 g/mol. The highest BCUT2D eigenvalue weighted by Crippen LogP contribution is 2.55. The topological polar surface area (TPSA) is 55.8 Å². The van der Waals surface area contributed by atoms with Gasteiger partial charge in [0.1, 0.15) is 6.61 Å². The fourth-order valence-electron chi connectivity index (χ4n) is 7.35. The van der Waals surface area contributed by atoms with Crippen molar-refractivity contribution in [3.63, 3.8) is 0 Å². The lowest BCUT2D eigenvalue weighted by Gasteiger charge is -2.49. The van der Waals surface area contributed by atoms with Gasteiger partial charge in [-0.3, -0.25) is 9.59 Å². The minimum atomic E-state index is -0.520. The molecule has 0 radical (unpaired) electrons. The van der Waals surface area contributed by atoms with E-state index in [1.807, 2.05) is 42.5 Å². The SMILES string of the molecule is COc1cc(C2C3=C(CC(C)(C)CC3=O)N(CCc3ccccc3)C3=C2C(=O)CC(C)(C)C3)cc(Cl)c1OCc1ccccc1Br. The molecule has 0 aromatic heterocycles. The van der Waals surface area contributed by atoms with E-state index in [1.54, 1.807) is 7.11 Å². The Morgan fingerprint density at radius 3 is 2.02 bits per heavy atom. The van der Waals surface area contributed by atoms with Gasteiger partial charge in [0.2, 0.25) is 0 Å². The van der Waals surface area contributed by atoms with Crippen LogP contribution in [-0.4, -0.2) is 30.1 Å². The number of methoxy groups -OCH3 is 1. The molecule has 0 atom stereocenters. The van der Waals surface area contributed by atoms with Crippen LogP contribution >= 0.6 is 27.5 Å². The lowest BCUT2D eigenvalue weighted by atomic mass is 9.63. The molecule has 7 heteroatoms. The quantitative estimate of drug-likeness (QED) is 0.234. The van der Waals surface area contributed by atoms with Crippen LogP contribution in [0.15, 0.2) is 93.7 Å².